The molecular weight excluding hydrogens is 90.1 g/mol. The largest absolute Gasteiger partial charge is 0.298 e. The van der Waals surface area contributed by atoms with Crippen molar-refractivity contribution >= 4 is 0 Å². The predicted octanol–water partition coefficient (Wildman–Crippen LogP) is 0.690. The highest BCUT2D eigenvalue weighted by Crippen LogP contribution is 2.05. The summed E-state index contributed by atoms with van der Waals surface area (Å²) in [5, 5.41) is 0. The summed E-state index contributed by atoms with van der Waals surface area (Å²) in [4.78, 5) is 5.05. The zero-order valence-electron chi connectivity index (χ0n) is 4.61. The molecule has 0 spiro atoms. The summed E-state index contributed by atoms with van der Waals surface area (Å²) < 4.78 is 0. The van der Waals surface area contributed by atoms with E-state index in [-0.39, 0.29) is 0 Å². The molecule has 1 N–H and O–H groups in total. The molecule has 42 valence electrons. The second-order valence-corrected chi connectivity index (χ2v) is 1.83. The van der Waals surface area contributed by atoms with E-state index in [0.717, 1.165) is 13.0 Å². The predicted molar refractivity (Wildman–Crippen MR) is 27.8 cm³/mol. The molecule has 0 aromatic rings. The smallest absolute Gasteiger partial charge is 0.0800 e. The van der Waals surface area contributed by atoms with Crippen LogP contribution in [-0.4, -0.2) is 12.6 Å². The minimum Gasteiger partial charge on any atom is -0.298 e. The maximum absolute atomic E-state index is 5.05. The zero-order chi connectivity index (χ0) is 5.11. The Bertz CT molecular complexity index is 50.0. The van der Waals surface area contributed by atoms with E-state index in [4.69, 9.17) is 4.84 Å². The highest BCUT2D eigenvalue weighted by atomic mass is 16.7. The number of hydrogen-bond acceptors (Lipinski definition) is 2. The monoisotopic (exact) mass is 101 g/mol. The van der Waals surface area contributed by atoms with Gasteiger partial charge in [-0.1, -0.05) is 6.92 Å². The van der Waals surface area contributed by atoms with E-state index in [1.165, 1.54) is 6.42 Å². The molecule has 0 bridgehead atoms. The number of nitrogens with one attached hydrogen (secondary N) is 1. The van der Waals surface area contributed by atoms with Crippen molar-refractivity contribution < 1.29 is 4.84 Å². The molecule has 0 aromatic heterocycles. The lowest BCUT2D eigenvalue weighted by Crippen LogP contribution is -2.07. The lowest BCUT2D eigenvalue weighted by Gasteiger charge is -1.99. The minimum atomic E-state index is 0.486. The van der Waals surface area contributed by atoms with Crippen molar-refractivity contribution in [1.29, 1.82) is 0 Å². The molecular formula is C5H11NO. The van der Waals surface area contributed by atoms with E-state index in [2.05, 4.69) is 12.4 Å². The third-order valence-electron chi connectivity index (χ3n) is 1.27. The summed E-state index contributed by atoms with van der Waals surface area (Å²) in [6.07, 6.45) is 2.80. The van der Waals surface area contributed by atoms with Gasteiger partial charge >= 0.3 is 0 Å². The molecule has 0 aromatic carbocycles. The van der Waals surface area contributed by atoms with E-state index in [0.29, 0.717) is 6.10 Å². The summed E-state index contributed by atoms with van der Waals surface area (Å²) >= 11 is 0. The third-order valence-corrected chi connectivity index (χ3v) is 1.27. The molecule has 1 aliphatic rings. The van der Waals surface area contributed by atoms with Crippen LogP contribution in [0, 0.1) is 0 Å². The molecule has 1 saturated heterocycles. The zero-order valence-corrected chi connectivity index (χ0v) is 4.61. The van der Waals surface area contributed by atoms with Crippen molar-refractivity contribution in [1.82, 2.24) is 5.48 Å². The fourth-order valence-corrected chi connectivity index (χ4v) is 0.743. The minimum absolute atomic E-state index is 0.486. The number of rotatable bonds is 1. The van der Waals surface area contributed by atoms with Gasteiger partial charge in [-0.2, -0.15) is 0 Å². The Morgan fingerprint density at radius 1 is 1.86 bits per heavy atom. The van der Waals surface area contributed by atoms with Crippen LogP contribution in [-0.2, 0) is 4.84 Å². The summed E-state index contributed by atoms with van der Waals surface area (Å²) in [6, 6.07) is 0. The molecule has 0 amide bonds. The van der Waals surface area contributed by atoms with Crippen molar-refractivity contribution in [2.45, 2.75) is 25.9 Å². The van der Waals surface area contributed by atoms with Crippen LogP contribution in [0.5, 0.6) is 0 Å². The van der Waals surface area contributed by atoms with Gasteiger partial charge in [-0.15, -0.1) is 0 Å². The molecule has 1 atom stereocenters. The van der Waals surface area contributed by atoms with Crippen molar-refractivity contribution in [3.8, 4) is 0 Å². The molecule has 0 saturated carbocycles. The van der Waals surface area contributed by atoms with E-state index >= 15 is 0 Å². The Morgan fingerprint density at radius 2 is 2.71 bits per heavy atom. The fraction of sp³-hybridized carbons (Fsp3) is 1.00. The molecule has 1 fully saturated rings. The van der Waals surface area contributed by atoms with E-state index in [1.807, 2.05) is 0 Å². The first-order valence-electron chi connectivity index (χ1n) is 2.82. The van der Waals surface area contributed by atoms with Gasteiger partial charge in [-0.3, -0.25) is 4.84 Å². The van der Waals surface area contributed by atoms with Crippen molar-refractivity contribution in [3.05, 3.63) is 0 Å². The van der Waals surface area contributed by atoms with Gasteiger partial charge in [0.2, 0.25) is 0 Å². The molecule has 7 heavy (non-hydrogen) atoms. The quantitative estimate of drug-likeness (QED) is 0.524. The fourth-order valence-electron chi connectivity index (χ4n) is 0.743. The maximum atomic E-state index is 5.05. The SMILES string of the molecule is CCC1CCNO1. The van der Waals surface area contributed by atoms with Crippen molar-refractivity contribution in [2.75, 3.05) is 6.54 Å². The van der Waals surface area contributed by atoms with E-state index in [1.54, 1.807) is 0 Å². The van der Waals surface area contributed by atoms with Crippen LogP contribution in [0.2, 0.25) is 0 Å². The third kappa shape index (κ3) is 1.14. The van der Waals surface area contributed by atoms with Crippen LogP contribution < -0.4 is 5.48 Å². The van der Waals surface area contributed by atoms with E-state index < -0.39 is 0 Å². The molecule has 2 heteroatoms. The summed E-state index contributed by atoms with van der Waals surface area (Å²) in [6.45, 7) is 3.16. The molecule has 1 aliphatic heterocycles. The van der Waals surface area contributed by atoms with Crippen LogP contribution in [0.3, 0.4) is 0 Å². The summed E-state index contributed by atoms with van der Waals surface area (Å²) in [5.74, 6) is 0. The Morgan fingerprint density at radius 3 is 3.00 bits per heavy atom. The number of hydrogen-bond donors (Lipinski definition) is 1. The molecule has 2 nitrogen and oxygen atoms in total. The van der Waals surface area contributed by atoms with Gasteiger partial charge in [0.05, 0.1) is 6.10 Å². The second-order valence-electron chi connectivity index (χ2n) is 1.83. The lowest BCUT2D eigenvalue weighted by atomic mass is 10.2. The van der Waals surface area contributed by atoms with E-state index in [9.17, 15) is 0 Å². The summed E-state index contributed by atoms with van der Waals surface area (Å²) in [7, 11) is 0. The van der Waals surface area contributed by atoms with Crippen LogP contribution in [0.4, 0.5) is 0 Å². The van der Waals surface area contributed by atoms with Crippen LogP contribution in [0.15, 0.2) is 0 Å². The molecule has 1 heterocycles. The van der Waals surface area contributed by atoms with Gasteiger partial charge in [0, 0.05) is 6.54 Å². The standard InChI is InChI=1S/C5H11NO/c1-2-5-3-4-6-7-5/h5-6H,2-4H2,1H3. The highest BCUT2D eigenvalue weighted by Gasteiger charge is 2.11. The first kappa shape index (κ1) is 5.06. The van der Waals surface area contributed by atoms with Crippen molar-refractivity contribution in [3.63, 3.8) is 0 Å². The van der Waals surface area contributed by atoms with Crippen molar-refractivity contribution in [2.24, 2.45) is 0 Å². The van der Waals surface area contributed by atoms with Gasteiger partial charge in [0.25, 0.3) is 0 Å². The Labute approximate surface area is 43.8 Å². The Balaban J connectivity index is 2.14. The molecule has 1 rings (SSSR count). The average Bonchev–Trinajstić information content (AvgIpc) is 2.14. The van der Waals surface area contributed by atoms with Gasteiger partial charge in [-0.25, -0.2) is 5.48 Å². The van der Waals surface area contributed by atoms with Crippen LogP contribution >= 0.6 is 0 Å². The van der Waals surface area contributed by atoms with Crippen LogP contribution in [0.1, 0.15) is 19.8 Å². The lowest BCUT2D eigenvalue weighted by molar-refractivity contribution is 0.0326. The second kappa shape index (κ2) is 2.28. The first-order valence-corrected chi connectivity index (χ1v) is 2.82. The van der Waals surface area contributed by atoms with Gasteiger partial charge in [0.1, 0.15) is 0 Å². The van der Waals surface area contributed by atoms with Gasteiger partial charge in [-0.05, 0) is 12.8 Å². The summed E-state index contributed by atoms with van der Waals surface area (Å²) in [5.41, 5.74) is 2.82. The topological polar surface area (TPSA) is 21.3 Å². The Hall–Kier alpha value is -0.0800. The normalized spacial score (nSPS) is 31.3. The molecule has 0 radical (unpaired) electrons. The van der Waals surface area contributed by atoms with Gasteiger partial charge in [0.15, 0.2) is 0 Å². The molecule has 1 unspecified atom stereocenters. The Kier molecular flexibility index (Phi) is 1.65. The maximum Gasteiger partial charge on any atom is 0.0800 e. The first-order chi connectivity index (χ1) is 3.43. The average molecular weight is 101 g/mol. The van der Waals surface area contributed by atoms with Crippen LogP contribution in [0.25, 0.3) is 0 Å². The molecule has 0 aliphatic carbocycles. The highest BCUT2D eigenvalue weighted by molar-refractivity contribution is 4.59. The van der Waals surface area contributed by atoms with Gasteiger partial charge < -0.3 is 0 Å². The number of hydroxylamine groups is 1.